The number of nitrogens with zero attached hydrogens (tertiary/aromatic N) is 1. The molecule has 0 spiro atoms. The molecule has 0 atom stereocenters. The largest absolute Gasteiger partial charge is 0.361 e. The minimum absolute atomic E-state index is 0.248. The maximum absolute atomic E-state index is 12.9. The molecule has 0 aromatic heterocycles. The summed E-state index contributed by atoms with van der Waals surface area (Å²) in [5, 5.41) is 6.37. The smallest absolute Gasteiger partial charge is 0.293 e. The highest BCUT2D eigenvalue weighted by Gasteiger charge is 2.34. The van der Waals surface area contributed by atoms with Crippen molar-refractivity contribution in [2.24, 2.45) is 0 Å². The van der Waals surface area contributed by atoms with Crippen molar-refractivity contribution < 1.29 is 14.0 Å². The quantitative estimate of drug-likeness (QED) is 0.618. The van der Waals surface area contributed by atoms with Gasteiger partial charge < -0.3 is 10.6 Å². The molecule has 2 amide bonds. The minimum atomic E-state index is -0.345. The Bertz CT molecular complexity index is 702. The average Bonchev–Trinajstić information content (AvgIpc) is 3.31. The molecule has 1 saturated carbocycles. The van der Waals surface area contributed by atoms with Gasteiger partial charge in [0.2, 0.25) is 0 Å². The van der Waals surface area contributed by atoms with Crippen molar-refractivity contribution in [1.82, 2.24) is 15.5 Å². The van der Waals surface area contributed by atoms with Crippen molar-refractivity contribution in [3.05, 3.63) is 40.6 Å². The predicted molar refractivity (Wildman–Crippen MR) is 95.8 cm³/mol. The van der Waals surface area contributed by atoms with Gasteiger partial charge in [-0.2, -0.15) is 0 Å². The van der Waals surface area contributed by atoms with Crippen LogP contribution in [0.2, 0.25) is 0 Å². The zero-order chi connectivity index (χ0) is 17.1. The molecule has 8 heteroatoms. The van der Waals surface area contributed by atoms with Gasteiger partial charge in [-0.1, -0.05) is 12.1 Å². The number of hydrogen-bond acceptors (Lipinski definition) is 4. The first-order valence-corrected chi connectivity index (χ1v) is 8.81. The van der Waals surface area contributed by atoms with Crippen molar-refractivity contribution in [3.8, 4) is 0 Å². The lowest BCUT2D eigenvalue weighted by atomic mass is 10.2. The number of thioether (sulfide) groups is 1. The zero-order valence-electron chi connectivity index (χ0n) is 12.8. The maximum atomic E-state index is 12.9. The van der Waals surface area contributed by atoms with Crippen molar-refractivity contribution >= 4 is 46.3 Å². The Labute approximate surface area is 148 Å². The van der Waals surface area contributed by atoms with E-state index in [2.05, 4.69) is 10.6 Å². The number of thiocarbonyl (C=S) groups is 1. The second kappa shape index (κ2) is 7.31. The van der Waals surface area contributed by atoms with E-state index >= 15 is 0 Å². The van der Waals surface area contributed by atoms with E-state index in [1.165, 1.54) is 17.0 Å². The fourth-order valence-corrected chi connectivity index (χ4v) is 3.28. The van der Waals surface area contributed by atoms with E-state index in [0.717, 1.165) is 24.6 Å². The van der Waals surface area contributed by atoms with Gasteiger partial charge in [0.25, 0.3) is 11.1 Å². The molecule has 2 aliphatic rings. The van der Waals surface area contributed by atoms with E-state index in [1.54, 1.807) is 18.2 Å². The lowest BCUT2D eigenvalue weighted by Crippen LogP contribution is -2.42. The molecule has 0 radical (unpaired) electrons. The van der Waals surface area contributed by atoms with Crippen LogP contribution in [0.1, 0.15) is 18.4 Å². The van der Waals surface area contributed by atoms with Crippen LogP contribution in [-0.2, 0) is 4.79 Å². The summed E-state index contributed by atoms with van der Waals surface area (Å²) in [6, 6.07) is 6.21. The lowest BCUT2D eigenvalue weighted by Gasteiger charge is -2.14. The van der Waals surface area contributed by atoms with E-state index in [-0.39, 0.29) is 23.5 Å². The third-order valence-corrected chi connectivity index (χ3v) is 4.74. The fourth-order valence-electron chi connectivity index (χ4n) is 2.15. The molecule has 0 unspecified atom stereocenters. The summed E-state index contributed by atoms with van der Waals surface area (Å²) in [6.45, 7) is 0.651. The van der Waals surface area contributed by atoms with Gasteiger partial charge in [0.15, 0.2) is 5.11 Å². The first kappa shape index (κ1) is 16.9. The molecule has 2 fully saturated rings. The number of imide groups is 1. The van der Waals surface area contributed by atoms with Crippen LogP contribution in [0, 0.1) is 5.82 Å². The Balaban J connectivity index is 1.55. The SMILES string of the molecule is O=C1S/C(=C\c2ccc(F)cc2)C(=O)N1CCNC(=S)NC1CC1. The Morgan fingerprint density at radius 3 is 2.71 bits per heavy atom. The molecular weight excluding hydrogens is 349 g/mol. The number of amides is 2. The average molecular weight is 365 g/mol. The van der Waals surface area contributed by atoms with E-state index in [4.69, 9.17) is 12.2 Å². The van der Waals surface area contributed by atoms with E-state index in [9.17, 15) is 14.0 Å². The van der Waals surface area contributed by atoms with Crippen molar-refractivity contribution in [3.63, 3.8) is 0 Å². The molecule has 3 rings (SSSR count). The second-order valence-electron chi connectivity index (χ2n) is 5.56. The number of hydrogen-bond donors (Lipinski definition) is 2. The van der Waals surface area contributed by atoms with Crippen LogP contribution in [0.4, 0.5) is 9.18 Å². The van der Waals surface area contributed by atoms with Gasteiger partial charge in [0, 0.05) is 19.1 Å². The molecule has 1 heterocycles. The highest BCUT2D eigenvalue weighted by Crippen LogP contribution is 2.31. The fraction of sp³-hybridized carbons (Fsp3) is 0.312. The molecule has 126 valence electrons. The molecule has 1 aromatic carbocycles. The van der Waals surface area contributed by atoms with Gasteiger partial charge >= 0.3 is 0 Å². The van der Waals surface area contributed by atoms with Crippen LogP contribution in [0.5, 0.6) is 0 Å². The van der Waals surface area contributed by atoms with Crippen molar-refractivity contribution in [2.75, 3.05) is 13.1 Å². The highest BCUT2D eigenvalue weighted by molar-refractivity contribution is 8.18. The Morgan fingerprint density at radius 1 is 1.33 bits per heavy atom. The summed E-state index contributed by atoms with van der Waals surface area (Å²) < 4.78 is 12.9. The first-order chi connectivity index (χ1) is 11.5. The minimum Gasteiger partial charge on any atom is -0.361 e. The third-order valence-electron chi connectivity index (χ3n) is 3.57. The van der Waals surface area contributed by atoms with Crippen molar-refractivity contribution in [2.45, 2.75) is 18.9 Å². The van der Waals surface area contributed by atoms with Gasteiger partial charge in [-0.15, -0.1) is 0 Å². The van der Waals surface area contributed by atoms with Crippen LogP contribution in [0.15, 0.2) is 29.2 Å². The summed E-state index contributed by atoms with van der Waals surface area (Å²) >= 11 is 6.02. The number of nitrogens with one attached hydrogen (secondary N) is 2. The first-order valence-electron chi connectivity index (χ1n) is 7.58. The van der Waals surface area contributed by atoms with Crippen molar-refractivity contribution in [1.29, 1.82) is 0 Å². The number of halogens is 1. The summed E-state index contributed by atoms with van der Waals surface area (Å²) in [5.74, 6) is -0.681. The molecular formula is C16H16FN3O2S2. The summed E-state index contributed by atoms with van der Waals surface area (Å²) in [5.41, 5.74) is 0.676. The van der Waals surface area contributed by atoms with Crippen LogP contribution < -0.4 is 10.6 Å². The normalized spacial score (nSPS) is 19.0. The zero-order valence-corrected chi connectivity index (χ0v) is 14.4. The van der Waals surface area contributed by atoms with Gasteiger partial charge in [0.1, 0.15) is 5.82 Å². The molecule has 5 nitrogen and oxygen atoms in total. The van der Waals surface area contributed by atoms with Crippen LogP contribution in [0.3, 0.4) is 0 Å². The second-order valence-corrected chi connectivity index (χ2v) is 6.96. The number of benzene rings is 1. The molecule has 1 aliphatic carbocycles. The standard InChI is InChI=1S/C16H16FN3O2S2/c17-11-3-1-10(2-4-11)9-13-14(21)20(16(22)24-13)8-7-18-15(23)19-12-5-6-12/h1-4,9,12H,5-8H2,(H2,18,19,23)/b13-9-. The van der Waals surface area contributed by atoms with Crippen LogP contribution in [0.25, 0.3) is 6.08 Å². The van der Waals surface area contributed by atoms with Crippen LogP contribution >= 0.6 is 24.0 Å². The molecule has 24 heavy (non-hydrogen) atoms. The van der Waals surface area contributed by atoms with Gasteiger partial charge in [-0.05, 0) is 60.6 Å². The van der Waals surface area contributed by atoms with Gasteiger partial charge in [-0.3, -0.25) is 14.5 Å². The summed E-state index contributed by atoms with van der Waals surface area (Å²) in [6.07, 6.45) is 3.84. The molecule has 2 N–H and O–H groups in total. The highest BCUT2D eigenvalue weighted by atomic mass is 32.2. The molecule has 1 aliphatic heterocycles. The maximum Gasteiger partial charge on any atom is 0.293 e. The molecule has 0 bridgehead atoms. The number of carbonyl (C=O) groups excluding carboxylic acids is 2. The molecule has 1 aromatic rings. The Kier molecular flexibility index (Phi) is 5.15. The van der Waals surface area contributed by atoms with Crippen LogP contribution in [-0.4, -0.2) is 40.3 Å². The lowest BCUT2D eigenvalue weighted by molar-refractivity contribution is -0.122. The summed E-state index contributed by atoms with van der Waals surface area (Å²) in [7, 11) is 0. The van der Waals surface area contributed by atoms with Gasteiger partial charge in [0.05, 0.1) is 4.91 Å². The topological polar surface area (TPSA) is 61.4 Å². The molecule has 1 saturated heterocycles. The Morgan fingerprint density at radius 2 is 2.04 bits per heavy atom. The van der Waals surface area contributed by atoms with E-state index in [0.29, 0.717) is 28.2 Å². The van der Waals surface area contributed by atoms with E-state index < -0.39 is 0 Å². The number of carbonyl (C=O) groups is 2. The summed E-state index contributed by atoms with van der Waals surface area (Å²) in [4.78, 5) is 25.8. The third kappa shape index (κ3) is 4.33. The predicted octanol–water partition coefficient (Wildman–Crippen LogP) is 2.49. The Hall–Kier alpha value is -1.93. The number of rotatable bonds is 5. The van der Waals surface area contributed by atoms with Gasteiger partial charge in [-0.25, -0.2) is 4.39 Å². The monoisotopic (exact) mass is 365 g/mol. The van der Waals surface area contributed by atoms with E-state index in [1.807, 2.05) is 0 Å².